The minimum atomic E-state index is 0.690. The van der Waals surface area contributed by atoms with Crippen molar-refractivity contribution in [1.82, 2.24) is 0 Å². The van der Waals surface area contributed by atoms with E-state index in [9.17, 15) is 0 Å². The van der Waals surface area contributed by atoms with Crippen LogP contribution in [0.2, 0.25) is 0 Å². The fourth-order valence-corrected chi connectivity index (χ4v) is 1.85. The number of methoxy groups -OCH3 is 1. The fraction of sp³-hybridized carbons (Fsp3) is 0.267. The molecule has 0 bridgehead atoms. The number of hydrogen-bond donors (Lipinski definition) is 0. The van der Waals surface area contributed by atoms with Crippen molar-refractivity contribution in [2.24, 2.45) is 0 Å². The van der Waals surface area contributed by atoms with Crippen LogP contribution in [0.5, 0.6) is 5.75 Å². The molecule has 0 amide bonds. The van der Waals surface area contributed by atoms with Crippen molar-refractivity contribution < 1.29 is 9.47 Å². The molecular formula is C15H17O2. The van der Waals surface area contributed by atoms with Gasteiger partial charge in [0.2, 0.25) is 0 Å². The Morgan fingerprint density at radius 3 is 2.94 bits per heavy atom. The average molecular weight is 229 g/mol. The summed E-state index contributed by atoms with van der Waals surface area (Å²) in [6.07, 6.45) is 7.21. The molecule has 0 saturated heterocycles. The summed E-state index contributed by atoms with van der Waals surface area (Å²) >= 11 is 0. The van der Waals surface area contributed by atoms with Gasteiger partial charge in [0.1, 0.15) is 11.5 Å². The fourth-order valence-electron chi connectivity index (χ4n) is 1.85. The van der Waals surface area contributed by atoms with Gasteiger partial charge in [0, 0.05) is 0 Å². The number of ether oxygens (including phenoxy) is 2. The van der Waals surface area contributed by atoms with Crippen molar-refractivity contribution in [1.29, 1.82) is 0 Å². The van der Waals surface area contributed by atoms with Crippen LogP contribution in [-0.4, -0.2) is 13.7 Å². The van der Waals surface area contributed by atoms with Gasteiger partial charge in [-0.1, -0.05) is 12.1 Å². The molecule has 1 aromatic rings. The molecule has 0 saturated carbocycles. The van der Waals surface area contributed by atoms with E-state index in [1.165, 1.54) is 11.1 Å². The predicted octanol–water partition coefficient (Wildman–Crippen LogP) is 3.61. The van der Waals surface area contributed by atoms with Crippen molar-refractivity contribution in [2.45, 2.75) is 13.3 Å². The van der Waals surface area contributed by atoms with Crippen LogP contribution in [0.4, 0.5) is 0 Å². The summed E-state index contributed by atoms with van der Waals surface area (Å²) in [6, 6.07) is 8.14. The summed E-state index contributed by atoms with van der Waals surface area (Å²) < 4.78 is 10.8. The molecule has 1 aromatic carbocycles. The van der Waals surface area contributed by atoms with Gasteiger partial charge in [-0.15, -0.1) is 0 Å². The highest BCUT2D eigenvalue weighted by molar-refractivity contribution is 5.75. The normalized spacial score (nSPS) is 14.9. The van der Waals surface area contributed by atoms with E-state index in [2.05, 4.69) is 30.7 Å². The van der Waals surface area contributed by atoms with Crippen LogP contribution in [0.25, 0.3) is 5.57 Å². The van der Waals surface area contributed by atoms with Gasteiger partial charge in [-0.25, -0.2) is 0 Å². The Morgan fingerprint density at radius 1 is 1.29 bits per heavy atom. The first-order valence-corrected chi connectivity index (χ1v) is 5.85. The monoisotopic (exact) mass is 229 g/mol. The number of allylic oxidation sites excluding steroid dienone is 3. The van der Waals surface area contributed by atoms with Crippen molar-refractivity contribution in [3.05, 3.63) is 54.2 Å². The predicted molar refractivity (Wildman–Crippen MR) is 69.6 cm³/mol. The number of rotatable bonds is 4. The summed E-state index contributed by atoms with van der Waals surface area (Å²) in [5.74, 6) is 1.83. The maximum absolute atomic E-state index is 5.50. The maximum atomic E-state index is 5.50. The van der Waals surface area contributed by atoms with E-state index in [-0.39, 0.29) is 0 Å². The summed E-state index contributed by atoms with van der Waals surface area (Å²) in [7, 11) is 1.70. The van der Waals surface area contributed by atoms with Crippen LogP contribution < -0.4 is 4.74 Å². The molecule has 0 spiro atoms. The third-order valence-electron chi connectivity index (χ3n) is 2.67. The Balaban J connectivity index is 2.25. The molecule has 0 atom stereocenters. The van der Waals surface area contributed by atoms with E-state index in [1.54, 1.807) is 7.11 Å². The molecule has 0 aliphatic heterocycles. The Bertz CT molecular complexity index is 444. The van der Waals surface area contributed by atoms with E-state index >= 15 is 0 Å². The van der Waals surface area contributed by atoms with Crippen LogP contribution in [0.3, 0.4) is 0 Å². The van der Waals surface area contributed by atoms with Crippen molar-refractivity contribution in [3.63, 3.8) is 0 Å². The molecule has 89 valence electrons. The Labute approximate surface area is 103 Å². The lowest BCUT2D eigenvalue weighted by molar-refractivity contribution is 0.305. The molecule has 1 aliphatic carbocycles. The first kappa shape index (κ1) is 11.8. The molecule has 17 heavy (non-hydrogen) atoms. The van der Waals surface area contributed by atoms with Gasteiger partial charge in [0.25, 0.3) is 0 Å². The molecule has 2 rings (SSSR count). The zero-order valence-electron chi connectivity index (χ0n) is 10.3. The van der Waals surface area contributed by atoms with Crippen LogP contribution in [-0.2, 0) is 4.74 Å². The van der Waals surface area contributed by atoms with Gasteiger partial charge in [0.05, 0.1) is 13.7 Å². The number of benzene rings is 1. The largest absolute Gasteiger partial charge is 0.497 e. The Morgan fingerprint density at radius 2 is 2.18 bits per heavy atom. The molecule has 0 fully saturated rings. The second kappa shape index (κ2) is 5.58. The zero-order valence-corrected chi connectivity index (χ0v) is 10.3. The van der Waals surface area contributed by atoms with E-state index in [0.717, 1.165) is 17.9 Å². The maximum Gasteiger partial charge on any atom is 0.119 e. The summed E-state index contributed by atoms with van der Waals surface area (Å²) in [5.41, 5.74) is 2.35. The SMILES string of the molecule is CCOc1cccc(C2=CC(OC)=CC[CH]2)c1. The highest BCUT2D eigenvalue weighted by atomic mass is 16.5. The minimum absolute atomic E-state index is 0.690. The highest BCUT2D eigenvalue weighted by Gasteiger charge is 2.08. The van der Waals surface area contributed by atoms with Gasteiger partial charge in [-0.2, -0.15) is 0 Å². The minimum Gasteiger partial charge on any atom is -0.497 e. The standard InChI is InChI=1S/C15H17O2/c1-3-17-15-9-5-7-13(11-15)12-6-4-8-14(10-12)16-2/h5-11H,3-4H2,1-2H3. The molecule has 0 aromatic heterocycles. The summed E-state index contributed by atoms with van der Waals surface area (Å²) in [6.45, 7) is 2.68. The van der Waals surface area contributed by atoms with E-state index in [1.807, 2.05) is 19.1 Å². The van der Waals surface area contributed by atoms with Gasteiger partial charge < -0.3 is 9.47 Å². The lowest BCUT2D eigenvalue weighted by Gasteiger charge is -2.14. The molecule has 0 unspecified atom stereocenters. The number of hydrogen-bond acceptors (Lipinski definition) is 2. The van der Waals surface area contributed by atoms with E-state index in [0.29, 0.717) is 6.61 Å². The summed E-state index contributed by atoms with van der Waals surface area (Å²) in [4.78, 5) is 0. The molecule has 2 heteroatoms. The smallest absolute Gasteiger partial charge is 0.119 e. The molecule has 0 heterocycles. The van der Waals surface area contributed by atoms with Crippen LogP contribution in [0, 0.1) is 6.42 Å². The Kier molecular flexibility index (Phi) is 3.86. The molecule has 2 nitrogen and oxygen atoms in total. The molecular weight excluding hydrogens is 212 g/mol. The van der Waals surface area contributed by atoms with Crippen LogP contribution in [0.15, 0.2) is 42.2 Å². The third-order valence-corrected chi connectivity index (χ3v) is 2.67. The van der Waals surface area contributed by atoms with Crippen molar-refractivity contribution >= 4 is 5.57 Å². The second-order valence-electron chi connectivity index (χ2n) is 3.81. The van der Waals surface area contributed by atoms with Crippen molar-refractivity contribution in [2.75, 3.05) is 13.7 Å². The second-order valence-corrected chi connectivity index (χ2v) is 3.81. The topological polar surface area (TPSA) is 18.5 Å². The third kappa shape index (κ3) is 2.90. The quantitative estimate of drug-likeness (QED) is 0.785. The molecule has 0 N–H and O–H groups in total. The van der Waals surface area contributed by atoms with Gasteiger partial charge in [0.15, 0.2) is 0 Å². The first-order valence-electron chi connectivity index (χ1n) is 5.85. The average Bonchev–Trinajstić information content (AvgIpc) is 2.40. The van der Waals surface area contributed by atoms with Gasteiger partial charge >= 0.3 is 0 Å². The highest BCUT2D eigenvalue weighted by Crippen LogP contribution is 2.28. The lowest BCUT2D eigenvalue weighted by Crippen LogP contribution is -1.96. The Hall–Kier alpha value is -1.70. The molecule has 1 aliphatic rings. The van der Waals surface area contributed by atoms with E-state index < -0.39 is 0 Å². The van der Waals surface area contributed by atoms with Crippen molar-refractivity contribution in [3.8, 4) is 5.75 Å². The van der Waals surface area contributed by atoms with E-state index in [4.69, 9.17) is 9.47 Å². The van der Waals surface area contributed by atoms with Gasteiger partial charge in [-0.05, 0) is 55.2 Å². The van der Waals surface area contributed by atoms with Gasteiger partial charge in [-0.3, -0.25) is 0 Å². The van der Waals surface area contributed by atoms with Crippen LogP contribution >= 0.6 is 0 Å². The zero-order chi connectivity index (χ0) is 12.1. The molecule has 1 radical (unpaired) electrons. The van der Waals surface area contributed by atoms with Crippen LogP contribution in [0.1, 0.15) is 18.9 Å². The first-order chi connectivity index (χ1) is 8.33. The lowest BCUT2D eigenvalue weighted by atomic mass is 9.96. The summed E-state index contributed by atoms with van der Waals surface area (Å²) in [5, 5.41) is 0.